The fourth-order valence-electron chi connectivity index (χ4n) is 13.0. The monoisotopic (exact) mass is 935 g/mol. The van der Waals surface area contributed by atoms with E-state index in [1.54, 1.807) is 0 Å². The van der Waals surface area contributed by atoms with E-state index in [2.05, 4.69) is 243 Å². The zero-order valence-electron chi connectivity index (χ0n) is 39.8. The smallest absolute Gasteiger partial charge is 0.250 e. The van der Waals surface area contributed by atoms with Gasteiger partial charge in [0.15, 0.2) is 0 Å². The summed E-state index contributed by atoms with van der Waals surface area (Å²) >= 11 is 0. The van der Waals surface area contributed by atoms with Crippen LogP contribution in [0.25, 0.3) is 132 Å². The molecule has 0 unspecified atom stereocenters. The van der Waals surface area contributed by atoms with Gasteiger partial charge in [-0.15, -0.1) is 0 Å². The minimum Gasteiger partial charge on any atom is -0.320 e. The molecule has 11 aromatic carbocycles. The van der Waals surface area contributed by atoms with Crippen LogP contribution in [0.2, 0.25) is 0 Å². The summed E-state index contributed by atoms with van der Waals surface area (Å²) in [7, 11) is 0. The third kappa shape index (κ3) is 5.41. The van der Waals surface area contributed by atoms with Crippen LogP contribution in [0.4, 0.5) is 5.69 Å². The van der Waals surface area contributed by atoms with Crippen molar-refractivity contribution in [2.24, 2.45) is 0 Å². The molecule has 74 heavy (non-hydrogen) atoms. The summed E-state index contributed by atoms with van der Waals surface area (Å²) in [6.07, 6.45) is 0. The second-order valence-electron chi connectivity index (χ2n) is 19.7. The second-order valence-corrected chi connectivity index (χ2v) is 19.7. The average molecular weight is 936 g/mol. The number of para-hydroxylation sites is 4. The molecule has 0 amide bonds. The highest BCUT2D eigenvalue weighted by Gasteiger charge is 2.44. The van der Waals surface area contributed by atoms with Crippen LogP contribution in [0.3, 0.4) is 0 Å². The van der Waals surface area contributed by atoms with Crippen LogP contribution in [-0.4, -0.2) is 20.4 Å². The van der Waals surface area contributed by atoms with Crippen molar-refractivity contribution in [2.45, 2.75) is 0 Å². The van der Waals surface area contributed by atoms with Crippen LogP contribution in [-0.2, 0) is 0 Å². The average Bonchev–Trinajstić information content (AvgIpc) is 4.14. The Kier molecular flexibility index (Phi) is 8.33. The minimum absolute atomic E-state index is 0.229. The summed E-state index contributed by atoms with van der Waals surface area (Å²) in [6.45, 7) is 9.23. The quantitative estimate of drug-likeness (QED) is 0.125. The minimum atomic E-state index is -0.229. The van der Waals surface area contributed by atoms with Crippen molar-refractivity contribution in [3.63, 3.8) is 0 Å². The Balaban J connectivity index is 1.03. The van der Waals surface area contributed by atoms with Crippen molar-refractivity contribution in [3.8, 4) is 67.6 Å². The van der Waals surface area contributed by atoms with E-state index < -0.39 is 0 Å². The summed E-state index contributed by atoms with van der Waals surface area (Å²) < 4.78 is 6.94. The first-order chi connectivity index (χ1) is 36.7. The summed E-state index contributed by atoms with van der Waals surface area (Å²) in [4.78, 5) is 4.64. The SMILES string of the molecule is [C-]#[N+]c1c(-n2c3ccc(-c4ccc(-c5ccccc5)cc4)cc3c3cc(-c4ccc(-c5ccccc5)cc4)ccc32)c(C#N)c2c3c1-n1c4ccccc4c4cccc(c41)B3c1cccc3c4ccccc4n-2c13. The summed E-state index contributed by atoms with van der Waals surface area (Å²) in [6, 6.07) is 85.3. The van der Waals surface area contributed by atoms with Crippen molar-refractivity contribution in [1.82, 2.24) is 13.7 Å². The van der Waals surface area contributed by atoms with E-state index in [9.17, 15) is 11.8 Å². The lowest BCUT2D eigenvalue weighted by Gasteiger charge is -2.36. The molecule has 2 aliphatic heterocycles. The number of nitriles is 1. The Morgan fingerprint density at radius 2 is 0.743 bits per heavy atom. The molecule has 338 valence electrons. The van der Waals surface area contributed by atoms with E-state index in [-0.39, 0.29) is 6.71 Å². The van der Waals surface area contributed by atoms with Gasteiger partial charge in [0.1, 0.15) is 6.07 Å². The maximum Gasteiger partial charge on any atom is 0.250 e. The van der Waals surface area contributed by atoms with Gasteiger partial charge in [0.25, 0.3) is 6.71 Å². The van der Waals surface area contributed by atoms with Gasteiger partial charge in [0, 0.05) is 43.4 Å². The number of hydrogen-bond donors (Lipinski definition) is 0. The van der Waals surface area contributed by atoms with E-state index in [4.69, 9.17) is 0 Å². The molecule has 0 saturated carbocycles. The molecule has 6 heteroatoms. The summed E-state index contributed by atoms with van der Waals surface area (Å²) in [5.74, 6) is 0. The van der Waals surface area contributed by atoms with Crippen molar-refractivity contribution in [3.05, 3.63) is 248 Å². The third-order valence-corrected chi connectivity index (χ3v) is 16.1. The molecule has 0 aliphatic carbocycles. The summed E-state index contributed by atoms with van der Waals surface area (Å²) in [5, 5.41) is 18.7. The molecule has 3 aromatic heterocycles. The summed E-state index contributed by atoms with van der Waals surface area (Å²) in [5.41, 5.74) is 21.7. The molecule has 0 spiro atoms. The van der Waals surface area contributed by atoms with Crippen LogP contribution < -0.4 is 16.4 Å². The number of aromatic nitrogens is 3. The van der Waals surface area contributed by atoms with Crippen LogP contribution in [0.15, 0.2) is 231 Å². The number of hydrogen-bond acceptors (Lipinski definition) is 1. The van der Waals surface area contributed by atoms with Gasteiger partial charge in [-0.1, -0.05) is 194 Å². The van der Waals surface area contributed by atoms with Gasteiger partial charge in [0.05, 0.1) is 51.3 Å². The third-order valence-electron chi connectivity index (χ3n) is 16.1. The maximum atomic E-state index is 12.1. The first-order valence-corrected chi connectivity index (χ1v) is 25.1. The van der Waals surface area contributed by atoms with Gasteiger partial charge < -0.3 is 13.7 Å². The van der Waals surface area contributed by atoms with E-state index >= 15 is 0 Å². The van der Waals surface area contributed by atoms with Crippen molar-refractivity contribution in [2.75, 3.05) is 0 Å². The van der Waals surface area contributed by atoms with Crippen LogP contribution >= 0.6 is 0 Å². The molecule has 5 nitrogen and oxygen atoms in total. The van der Waals surface area contributed by atoms with E-state index in [1.165, 1.54) is 22.1 Å². The van der Waals surface area contributed by atoms with Crippen LogP contribution in [0, 0.1) is 17.9 Å². The number of nitrogens with zero attached hydrogens (tertiary/aromatic N) is 5. The predicted molar refractivity (Wildman–Crippen MR) is 307 cm³/mol. The highest BCUT2D eigenvalue weighted by atomic mass is 15.1. The topological polar surface area (TPSA) is 42.9 Å². The molecule has 0 saturated heterocycles. The first kappa shape index (κ1) is 40.6. The maximum absolute atomic E-state index is 12.1. The second kappa shape index (κ2) is 15.2. The van der Waals surface area contributed by atoms with Gasteiger partial charge in [-0.3, -0.25) is 0 Å². The van der Waals surface area contributed by atoms with Crippen molar-refractivity contribution >= 4 is 94.2 Å². The highest BCUT2D eigenvalue weighted by molar-refractivity contribution is 7.00. The van der Waals surface area contributed by atoms with Gasteiger partial charge in [0.2, 0.25) is 5.69 Å². The Hall–Kier alpha value is -10.1. The molecule has 14 aromatic rings. The first-order valence-electron chi connectivity index (χ1n) is 25.1. The fourth-order valence-corrected chi connectivity index (χ4v) is 13.0. The van der Waals surface area contributed by atoms with E-state index in [0.717, 1.165) is 116 Å². The van der Waals surface area contributed by atoms with Gasteiger partial charge in [-0.25, -0.2) is 4.85 Å². The van der Waals surface area contributed by atoms with Crippen LogP contribution in [0.5, 0.6) is 0 Å². The Labute approximate surface area is 426 Å². The molecule has 16 rings (SSSR count). The molecular weight excluding hydrogens is 898 g/mol. The Morgan fingerprint density at radius 3 is 1.22 bits per heavy atom. The normalized spacial score (nSPS) is 12.3. The molecule has 0 fully saturated rings. The standard InChI is InChI=1S/C68H38BN5/c1-71-63-67(55(40-70)66-62-68(63)74-59-25-11-9-19-50(59)52-21-13-23-57(65(52)74)69(62)56-22-12-20-51-49-18-8-10-24-58(49)73(66)64(51)56)72-60-36-34-47(45-30-26-43(27-31-45)41-14-4-2-5-15-41)38-53(60)54-39-48(35-37-61(54)72)46-32-28-44(29-33-46)42-16-6-3-7-17-42/h2-39H. The largest absolute Gasteiger partial charge is 0.320 e. The van der Waals surface area contributed by atoms with E-state index in [1.807, 2.05) is 12.1 Å². The predicted octanol–water partition coefficient (Wildman–Crippen LogP) is 15.2. The van der Waals surface area contributed by atoms with Crippen molar-refractivity contribution < 1.29 is 0 Å². The highest BCUT2D eigenvalue weighted by Crippen LogP contribution is 2.48. The number of fused-ring (bicyclic) bond motifs is 13. The number of benzene rings is 11. The lowest BCUT2D eigenvalue weighted by molar-refractivity contribution is 1.10. The van der Waals surface area contributed by atoms with E-state index in [0.29, 0.717) is 16.9 Å². The Morgan fingerprint density at radius 1 is 0.351 bits per heavy atom. The molecule has 0 radical (unpaired) electrons. The zero-order chi connectivity index (χ0) is 48.8. The van der Waals surface area contributed by atoms with Crippen molar-refractivity contribution in [1.29, 1.82) is 5.26 Å². The lowest BCUT2D eigenvalue weighted by Crippen LogP contribution is -2.59. The van der Waals surface area contributed by atoms with Gasteiger partial charge in [-0.05, 0) is 97.3 Å². The molecule has 0 N–H and O–H groups in total. The van der Waals surface area contributed by atoms with Crippen LogP contribution in [0.1, 0.15) is 5.56 Å². The Bertz CT molecular complexity index is 4530. The molecule has 0 bridgehead atoms. The lowest BCUT2D eigenvalue weighted by atomic mass is 9.34. The fraction of sp³-hybridized carbons (Fsp3) is 0. The molecule has 2 aliphatic rings. The molecule has 5 heterocycles. The molecule has 0 atom stereocenters. The van der Waals surface area contributed by atoms with Gasteiger partial charge in [-0.2, -0.15) is 5.26 Å². The molecular formula is C68H38BN5. The number of rotatable bonds is 5. The van der Waals surface area contributed by atoms with Gasteiger partial charge >= 0.3 is 0 Å². The zero-order valence-corrected chi connectivity index (χ0v) is 39.8.